The SMILES string of the molecule is N#Cc1cc(C#N)c(-c2ccc(N3c4ccccc4N(c4ccccc4)c4ccccc43)cc2)c(C#N)c1. The Morgan fingerprint density at radius 1 is 0.447 bits per heavy atom. The maximum absolute atomic E-state index is 9.73. The first kappa shape index (κ1) is 22.6. The molecule has 0 spiro atoms. The number of nitrogens with zero attached hydrogens (tertiary/aromatic N) is 5. The molecule has 5 heteroatoms. The molecular weight excluding hydrogens is 466 g/mol. The molecule has 1 heterocycles. The Morgan fingerprint density at radius 2 is 0.868 bits per heavy atom. The molecule has 38 heavy (non-hydrogen) atoms. The van der Waals surface area contributed by atoms with Crippen LogP contribution >= 0.6 is 0 Å². The van der Waals surface area contributed by atoms with Gasteiger partial charge in [-0.05, 0) is 66.2 Å². The molecule has 0 bridgehead atoms. The predicted octanol–water partition coefficient (Wildman–Crippen LogP) is 8.22. The number of benzene rings is 5. The summed E-state index contributed by atoms with van der Waals surface area (Å²) in [6.45, 7) is 0. The van der Waals surface area contributed by atoms with Gasteiger partial charge in [0.1, 0.15) is 0 Å². The molecular formula is C33H19N5. The van der Waals surface area contributed by atoms with Gasteiger partial charge in [-0.15, -0.1) is 0 Å². The first-order valence-electron chi connectivity index (χ1n) is 12.1. The molecule has 0 fully saturated rings. The summed E-state index contributed by atoms with van der Waals surface area (Å²) in [5, 5.41) is 28.8. The maximum atomic E-state index is 9.73. The van der Waals surface area contributed by atoms with Crippen LogP contribution in [-0.4, -0.2) is 0 Å². The van der Waals surface area contributed by atoms with Crippen LogP contribution in [0.15, 0.2) is 115 Å². The van der Waals surface area contributed by atoms with Gasteiger partial charge < -0.3 is 9.80 Å². The van der Waals surface area contributed by atoms with Gasteiger partial charge in [-0.3, -0.25) is 0 Å². The van der Waals surface area contributed by atoms with Crippen LogP contribution in [0.25, 0.3) is 11.1 Å². The molecule has 0 aromatic heterocycles. The van der Waals surface area contributed by atoms with Crippen molar-refractivity contribution in [2.75, 3.05) is 9.80 Å². The Kier molecular flexibility index (Phi) is 5.55. The van der Waals surface area contributed by atoms with E-state index in [1.54, 1.807) is 0 Å². The van der Waals surface area contributed by atoms with E-state index >= 15 is 0 Å². The molecule has 0 unspecified atom stereocenters. The number of fused-ring (bicyclic) bond motifs is 2. The summed E-state index contributed by atoms with van der Waals surface area (Å²) in [6.07, 6.45) is 0. The Balaban J connectivity index is 1.50. The predicted molar refractivity (Wildman–Crippen MR) is 149 cm³/mol. The fourth-order valence-corrected chi connectivity index (χ4v) is 5.05. The number of para-hydroxylation sites is 5. The highest BCUT2D eigenvalue weighted by Gasteiger charge is 2.30. The first-order chi connectivity index (χ1) is 18.7. The van der Waals surface area contributed by atoms with Gasteiger partial charge >= 0.3 is 0 Å². The number of rotatable bonds is 3. The second-order valence-electron chi connectivity index (χ2n) is 8.81. The van der Waals surface area contributed by atoms with Crippen molar-refractivity contribution in [3.63, 3.8) is 0 Å². The molecule has 5 aromatic rings. The molecule has 1 aliphatic rings. The Morgan fingerprint density at radius 3 is 1.29 bits per heavy atom. The van der Waals surface area contributed by atoms with E-state index < -0.39 is 0 Å². The number of nitriles is 3. The summed E-state index contributed by atoms with van der Waals surface area (Å²) in [6, 6.07) is 44.2. The number of anilines is 6. The van der Waals surface area contributed by atoms with Crippen LogP contribution in [-0.2, 0) is 0 Å². The second-order valence-corrected chi connectivity index (χ2v) is 8.81. The van der Waals surface area contributed by atoms with Gasteiger partial charge in [-0.25, -0.2) is 0 Å². The van der Waals surface area contributed by atoms with Crippen LogP contribution in [0.5, 0.6) is 0 Å². The molecule has 176 valence electrons. The highest BCUT2D eigenvalue weighted by Crippen LogP contribution is 2.53. The third-order valence-electron chi connectivity index (χ3n) is 6.66. The van der Waals surface area contributed by atoms with Gasteiger partial charge in [-0.1, -0.05) is 54.6 Å². The average Bonchev–Trinajstić information content (AvgIpc) is 2.99. The van der Waals surface area contributed by atoms with E-state index in [9.17, 15) is 15.8 Å². The molecule has 0 radical (unpaired) electrons. The first-order valence-corrected chi connectivity index (χ1v) is 12.1. The van der Waals surface area contributed by atoms with Crippen molar-refractivity contribution in [1.29, 1.82) is 15.8 Å². The molecule has 0 N–H and O–H groups in total. The molecule has 5 nitrogen and oxygen atoms in total. The zero-order valence-corrected chi connectivity index (χ0v) is 20.2. The lowest BCUT2D eigenvalue weighted by Crippen LogP contribution is -2.23. The van der Waals surface area contributed by atoms with E-state index in [0.717, 1.165) is 39.7 Å². The lowest BCUT2D eigenvalue weighted by Gasteiger charge is -2.40. The molecule has 0 saturated heterocycles. The van der Waals surface area contributed by atoms with E-state index in [1.807, 2.05) is 72.8 Å². The van der Waals surface area contributed by atoms with Gasteiger partial charge in [0, 0.05) is 16.9 Å². The average molecular weight is 486 g/mol. The summed E-state index contributed by atoms with van der Waals surface area (Å²) < 4.78 is 0. The lowest BCUT2D eigenvalue weighted by molar-refractivity contribution is 1.17. The zero-order chi connectivity index (χ0) is 26.1. The smallest absolute Gasteiger partial charge is 0.0999 e. The van der Waals surface area contributed by atoms with Crippen LogP contribution in [0.1, 0.15) is 16.7 Å². The quantitative estimate of drug-likeness (QED) is 0.252. The Bertz CT molecular complexity index is 1720. The highest BCUT2D eigenvalue weighted by molar-refractivity contribution is 6.01. The standard InChI is InChI=1S/C33H19N5/c34-20-23-18-25(21-35)33(26(19-23)22-36)24-14-16-28(17-15-24)38-31-12-6-4-10-29(31)37(27-8-2-1-3-9-27)30-11-5-7-13-32(30)38/h1-19H. The van der Waals surface area contributed by atoms with Gasteiger partial charge in [0.05, 0.1) is 57.6 Å². The van der Waals surface area contributed by atoms with E-state index in [-0.39, 0.29) is 0 Å². The minimum absolute atomic E-state index is 0.294. The monoisotopic (exact) mass is 485 g/mol. The summed E-state index contributed by atoms with van der Waals surface area (Å²) >= 11 is 0. The van der Waals surface area contributed by atoms with Gasteiger partial charge in [-0.2, -0.15) is 15.8 Å². The van der Waals surface area contributed by atoms with Gasteiger partial charge in [0.15, 0.2) is 0 Å². The maximum Gasteiger partial charge on any atom is 0.0999 e. The van der Waals surface area contributed by atoms with E-state index in [1.165, 1.54) is 12.1 Å². The second kappa shape index (κ2) is 9.32. The minimum Gasteiger partial charge on any atom is -0.306 e. The third kappa shape index (κ3) is 3.62. The van der Waals surface area contributed by atoms with Gasteiger partial charge in [0.25, 0.3) is 0 Å². The molecule has 0 saturated carbocycles. The molecule has 6 rings (SSSR count). The van der Waals surface area contributed by atoms with E-state index in [2.05, 4.69) is 58.3 Å². The zero-order valence-electron chi connectivity index (χ0n) is 20.2. The molecule has 1 aliphatic heterocycles. The minimum atomic E-state index is 0.294. The Hall–Kier alpha value is -5.83. The molecule has 0 amide bonds. The van der Waals surface area contributed by atoms with Crippen LogP contribution < -0.4 is 9.80 Å². The fourth-order valence-electron chi connectivity index (χ4n) is 5.05. The molecule has 0 aliphatic carbocycles. The third-order valence-corrected chi connectivity index (χ3v) is 6.66. The number of hydrogen-bond donors (Lipinski definition) is 0. The van der Waals surface area contributed by atoms with E-state index in [4.69, 9.17) is 0 Å². The van der Waals surface area contributed by atoms with Crippen molar-refractivity contribution < 1.29 is 0 Å². The van der Waals surface area contributed by atoms with Crippen molar-refractivity contribution in [2.45, 2.75) is 0 Å². The summed E-state index contributed by atoms with van der Waals surface area (Å²) in [4.78, 5) is 4.49. The fraction of sp³-hybridized carbons (Fsp3) is 0. The summed E-state index contributed by atoms with van der Waals surface area (Å²) in [7, 11) is 0. The van der Waals surface area contributed by atoms with Crippen molar-refractivity contribution in [3.05, 3.63) is 132 Å². The van der Waals surface area contributed by atoms with Crippen LogP contribution in [0, 0.1) is 34.0 Å². The highest BCUT2D eigenvalue weighted by atomic mass is 15.3. The van der Waals surface area contributed by atoms with Crippen molar-refractivity contribution in [3.8, 4) is 29.3 Å². The van der Waals surface area contributed by atoms with Crippen LogP contribution in [0.3, 0.4) is 0 Å². The Labute approximate surface area is 220 Å². The summed E-state index contributed by atoms with van der Waals surface area (Å²) in [5.74, 6) is 0. The number of hydrogen-bond acceptors (Lipinski definition) is 5. The molecule has 5 aromatic carbocycles. The van der Waals surface area contributed by atoms with Crippen LogP contribution in [0.4, 0.5) is 34.1 Å². The normalized spacial score (nSPS) is 11.5. The van der Waals surface area contributed by atoms with Crippen molar-refractivity contribution in [1.82, 2.24) is 0 Å². The largest absolute Gasteiger partial charge is 0.306 e. The van der Waals surface area contributed by atoms with Crippen molar-refractivity contribution in [2.24, 2.45) is 0 Å². The molecule has 0 atom stereocenters. The summed E-state index contributed by atoms with van der Waals surface area (Å²) in [5.41, 5.74) is 8.42. The van der Waals surface area contributed by atoms with E-state index in [0.29, 0.717) is 22.3 Å². The van der Waals surface area contributed by atoms with Crippen LogP contribution in [0.2, 0.25) is 0 Å². The van der Waals surface area contributed by atoms with Crippen molar-refractivity contribution >= 4 is 34.1 Å². The lowest BCUT2D eigenvalue weighted by atomic mass is 9.93. The topological polar surface area (TPSA) is 77.8 Å². The van der Waals surface area contributed by atoms with Gasteiger partial charge in [0.2, 0.25) is 0 Å².